The van der Waals surface area contributed by atoms with Gasteiger partial charge in [-0.2, -0.15) is 0 Å². The highest BCUT2D eigenvalue weighted by atomic mass is 16.2. The summed E-state index contributed by atoms with van der Waals surface area (Å²) in [5.74, 6) is -0.504. The van der Waals surface area contributed by atoms with Gasteiger partial charge >= 0.3 is 0 Å². The van der Waals surface area contributed by atoms with Crippen molar-refractivity contribution >= 4 is 17.5 Å². The van der Waals surface area contributed by atoms with Gasteiger partial charge in [0.05, 0.1) is 18.3 Å². The van der Waals surface area contributed by atoms with Crippen LogP contribution in [0.5, 0.6) is 0 Å². The number of nitrogens with zero attached hydrogens (tertiary/aromatic N) is 3. The van der Waals surface area contributed by atoms with E-state index >= 15 is 0 Å². The lowest BCUT2D eigenvalue weighted by Crippen LogP contribution is -2.49. The Kier molecular flexibility index (Phi) is 5.48. The molecular weight excluding hydrogens is 356 g/mol. The molecule has 0 bridgehead atoms. The van der Waals surface area contributed by atoms with Crippen molar-refractivity contribution in [3.63, 3.8) is 0 Å². The first kappa shape index (κ1) is 19.6. The molecule has 1 aliphatic rings. The van der Waals surface area contributed by atoms with Crippen LogP contribution >= 0.6 is 0 Å². The van der Waals surface area contributed by atoms with Crippen molar-refractivity contribution in [1.82, 2.24) is 25.6 Å². The highest BCUT2D eigenvalue weighted by Crippen LogP contribution is 2.16. The van der Waals surface area contributed by atoms with Crippen LogP contribution in [0.3, 0.4) is 0 Å². The van der Waals surface area contributed by atoms with E-state index in [2.05, 4.69) is 53.6 Å². The molecule has 1 aromatic heterocycles. The van der Waals surface area contributed by atoms with Crippen LogP contribution in [-0.4, -0.2) is 32.9 Å². The number of allylic oxidation sites excluding steroid dienone is 1. The van der Waals surface area contributed by atoms with Crippen molar-refractivity contribution in [2.45, 2.75) is 51.7 Å². The average molecular weight is 382 g/mol. The molecule has 0 radical (unpaired) electrons. The van der Waals surface area contributed by atoms with E-state index in [1.54, 1.807) is 18.2 Å². The van der Waals surface area contributed by atoms with Gasteiger partial charge in [0.25, 0.3) is 5.91 Å². The highest BCUT2D eigenvalue weighted by molar-refractivity contribution is 5.98. The summed E-state index contributed by atoms with van der Waals surface area (Å²) in [6, 6.07) is 6.61. The maximum atomic E-state index is 12.5. The first-order valence-corrected chi connectivity index (χ1v) is 9.27. The minimum Gasteiger partial charge on any atom is -0.379 e. The summed E-state index contributed by atoms with van der Waals surface area (Å²) >= 11 is 0. The standard InChI is InChI=1S/C20H26N6O2/c1-13-8-9-17(19(28)22-13)23-18(27)14-6-5-7-15(10-14)21-11-16-12-26(25-24-16)20(2,3)4/h5-7,10,12,17,21H,1,8-9,11H2,2-4H3,(H,22,28)(H,23,27). The summed E-state index contributed by atoms with van der Waals surface area (Å²) in [5.41, 5.74) is 2.65. The molecule has 1 unspecified atom stereocenters. The van der Waals surface area contributed by atoms with Crippen LogP contribution in [0.15, 0.2) is 42.7 Å². The molecule has 1 fully saturated rings. The van der Waals surface area contributed by atoms with Crippen LogP contribution in [0.2, 0.25) is 0 Å². The molecule has 8 heteroatoms. The predicted molar refractivity (Wildman–Crippen MR) is 107 cm³/mol. The Morgan fingerprint density at radius 3 is 2.86 bits per heavy atom. The Morgan fingerprint density at radius 2 is 2.18 bits per heavy atom. The van der Waals surface area contributed by atoms with E-state index in [9.17, 15) is 9.59 Å². The van der Waals surface area contributed by atoms with E-state index in [0.717, 1.165) is 11.4 Å². The number of piperidine rings is 1. The molecule has 1 aliphatic heterocycles. The van der Waals surface area contributed by atoms with Crippen molar-refractivity contribution in [3.8, 4) is 0 Å². The van der Waals surface area contributed by atoms with Crippen LogP contribution in [0.4, 0.5) is 5.69 Å². The lowest BCUT2D eigenvalue weighted by molar-refractivity contribution is -0.123. The topological polar surface area (TPSA) is 101 Å². The van der Waals surface area contributed by atoms with E-state index < -0.39 is 6.04 Å². The van der Waals surface area contributed by atoms with E-state index in [1.165, 1.54) is 0 Å². The molecule has 2 amide bonds. The molecule has 0 saturated carbocycles. The first-order chi connectivity index (χ1) is 13.2. The zero-order valence-corrected chi connectivity index (χ0v) is 16.5. The van der Waals surface area contributed by atoms with E-state index in [-0.39, 0.29) is 17.4 Å². The molecule has 0 aliphatic carbocycles. The number of benzene rings is 1. The predicted octanol–water partition coefficient (Wildman–Crippen LogP) is 2.17. The fourth-order valence-corrected chi connectivity index (χ4v) is 2.82. The zero-order valence-electron chi connectivity index (χ0n) is 16.5. The maximum absolute atomic E-state index is 12.5. The Labute approximate surface area is 164 Å². The second-order valence-corrected chi connectivity index (χ2v) is 7.92. The fraction of sp³-hybridized carbons (Fsp3) is 0.400. The monoisotopic (exact) mass is 382 g/mol. The molecular formula is C20H26N6O2. The number of anilines is 1. The van der Waals surface area contributed by atoms with E-state index in [0.29, 0.717) is 30.6 Å². The molecule has 1 saturated heterocycles. The number of aromatic nitrogens is 3. The molecule has 0 spiro atoms. The number of carbonyl (C=O) groups is 2. The summed E-state index contributed by atoms with van der Waals surface area (Å²) < 4.78 is 1.82. The largest absolute Gasteiger partial charge is 0.379 e. The summed E-state index contributed by atoms with van der Waals surface area (Å²) in [6.45, 7) is 10.4. The number of hydrogen-bond donors (Lipinski definition) is 3. The summed E-state index contributed by atoms with van der Waals surface area (Å²) in [6.07, 6.45) is 3.12. The number of carbonyl (C=O) groups excluding carboxylic acids is 2. The Hall–Kier alpha value is -3.16. The Morgan fingerprint density at radius 1 is 1.39 bits per heavy atom. The third-order valence-electron chi connectivity index (χ3n) is 4.48. The molecule has 1 atom stereocenters. The van der Waals surface area contributed by atoms with Gasteiger partial charge in [0.15, 0.2) is 0 Å². The smallest absolute Gasteiger partial charge is 0.252 e. The number of nitrogens with one attached hydrogen (secondary N) is 3. The van der Waals surface area contributed by atoms with Crippen LogP contribution in [0, 0.1) is 0 Å². The van der Waals surface area contributed by atoms with Gasteiger partial charge in [-0.3, -0.25) is 9.59 Å². The van der Waals surface area contributed by atoms with Gasteiger partial charge < -0.3 is 16.0 Å². The number of rotatable bonds is 5. The Balaban J connectivity index is 1.60. The Bertz CT molecular complexity index is 896. The SMILES string of the molecule is C=C1CCC(NC(=O)c2cccc(NCc3cn(C(C)(C)C)nn3)c2)C(=O)N1. The summed E-state index contributed by atoms with van der Waals surface area (Å²) in [5, 5.41) is 17.0. The molecule has 1 aromatic carbocycles. The van der Waals surface area contributed by atoms with E-state index in [4.69, 9.17) is 0 Å². The van der Waals surface area contributed by atoms with Gasteiger partial charge in [-0.25, -0.2) is 4.68 Å². The molecule has 28 heavy (non-hydrogen) atoms. The van der Waals surface area contributed by atoms with Crippen molar-refractivity contribution in [1.29, 1.82) is 0 Å². The van der Waals surface area contributed by atoms with Gasteiger partial charge in [0.1, 0.15) is 11.7 Å². The molecule has 3 rings (SSSR count). The van der Waals surface area contributed by atoms with E-state index in [1.807, 2.05) is 16.9 Å². The number of hydrogen-bond acceptors (Lipinski definition) is 5. The van der Waals surface area contributed by atoms with Crippen molar-refractivity contribution in [3.05, 3.63) is 54.0 Å². The molecule has 2 heterocycles. The molecule has 148 valence electrons. The van der Waals surface area contributed by atoms with Gasteiger partial charge in [0, 0.05) is 16.9 Å². The maximum Gasteiger partial charge on any atom is 0.252 e. The van der Waals surface area contributed by atoms with Crippen LogP contribution in [0.25, 0.3) is 0 Å². The molecule has 3 N–H and O–H groups in total. The summed E-state index contributed by atoms with van der Waals surface area (Å²) in [4.78, 5) is 24.5. The third kappa shape index (κ3) is 4.76. The minimum absolute atomic E-state index is 0.124. The van der Waals surface area contributed by atoms with Crippen molar-refractivity contribution < 1.29 is 9.59 Å². The molecule has 8 nitrogen and oxygen atoms in total. The van der Waals surface area contributed by atoms with Crippen molar-refractivity contribution in [2.24, 2.45) is 0 Å². The van der Waals surface area contributed by atoms with Crippen molar-refractivity contribution in [2.75, 3.05) is 5.32 Å². The zero-order chi connectivity index (χ0) is 20.3. The lowest BCUT2D eigenvalue weighted by Gasteiger charge is -2.24. The minimum atomic E-state index is -0.540. The van der Waals surface area contributed by atoms with Gasteiger partial charge in [-0.1, -0.05) is 17.9 Å². The highest BCUT2D eigenvalue weighted by Gasteiger charge is 2.25. The number of amides is 2. The molecule has 2 aromatic rings. The van der Waals surface area contributed by atoms with Gasteiger partial charge in [-0.05, 0) is 51.8 Å². The average Bonchev–Trinajstić information content (AvgIpc) is 3.12. The van der Waals surface area contributed by atoms with Gasteiger partial charge in [-0.15, -0.1) is 5.10 Å². The summed E-state index contributed by atoms with van der Waals surface area (Å²) in [7, 11) is 0. The van der Waals surface area contributed by atoms with Crippen LogP contribution in [-0.2, 0) is 16.9 Å². The van der Waals surface area contributed by atoms with Crippen LogP contribution in [0.1, 0.15) is 49.7 Å². The third-order valence-corrected chi connectivity index (χ3v) is 4.48. The quantitative estimate of drug-likeness (QED) is 0.736. The second kappa shape index (κ2) is 7.84. The normalized spacial score (nSPS) is 17.2. The lowest BCUT2D eigenvalue weighted by atomic mass is 10.0. The van der Waals surface area contributed by atoms with Gasteiger partial charge in [0.2, 0.25) is 5.91 Å². The van der Waals surface area contributed by atoms with Crippen LogP contribution < -0.4 is 16.0 Å². The fourth-order valence-electron chi connectivity index (χ4n) is 2.82. The first-order valence-electron chi connectivity index (χ1n) is 9.27. The second-order valence-electron chi connectivity index (χ2n) is 7.92.